The van der Waals surface area contributed by atoms with Crippen molar-refractivity contribution in [1.82, 2.24) is 9.97 Å². The third-order valence-electron chi connectivity index (χ3n) is 1.93. The minimum absolute atomic E-state index is 0.111. The van der Waals surface area contributed by atoms with Gasteiger partial charge < -0.3 is 20.9 Å². The quantitative estimate of drug-likeness (QED) is 0.273. The summed E-state index contributed by atoms with van der Waals surface area (Å²) < 4.78 is 0. The Morgan fingerprint density at radius 1 is 1.56 bits per heavy atom. The summed E-state index contributed by atoms with van der Waals surface area (Å²) in [5.74, 6) is 0.347. The van der Waals surface area contributed by atoms with E-state index in [1.54, 1.807) is 18.9 Å². The first-order chi connectivity index (χ1) is 7.56. The Hall–Kier alpha value is -1.89. The molecule has 0 radical (unpaired) electrons. The van der Waals surface area contributed by atoms with Crippen molar-refractivity contribution in [2.75, 3.05) is 18.5 Å². The number of aliphatic hydroxyl groups is 1. The summed E-state index contributed by atoms with van der Waals surface area (Å²) in [5, 5.41) is 20.8. The number of amidine groups is 1. The maximum Gasteiger partial charge on any atom is 0.192 e. The fourth-order valence-electron chi connectivity index (χ4n) is 1.32. The van der Waals surface area contributed by atoms with Crippen LogP contribution in [-0.2, 0) is 0 Å². The van der Waals surface area contributed by atoms with Crippen molar-refractivity contribution in [2.45, 2.75) is 13.0 Å². The fraction of sp³-hybridized carbons (Fsp3) is 0.444. The van der Waals surface area contributed by atoms with Gasteiger partial charge in [0.05, 0.1) is 6.10 Å². The van der Waals surface area contributed by atoms with Gasteiger partial charge in [0.15, 0.2) is 17.3 Å². The SMILES string of the molecule is CC(O)CN(C)c1nccnc1C(N)=NO. The molecule has 4 N–H and O–H groups in total. The Labute approximate surface area is 93.2 Å². The van der Waals surface area contributed by atoms with Gasteiger partial charge in [-0.15, -0.1) is 0 Å². The average molecular weight is 225 g/mol. The first-order valence-corrected chi connectivity index (χ1v) is 4.74. The second-order valence-corrected chi connectivity index (χ2v) is 3.44. The van der Waals surface area contributed by atoms with Gasteiger partial charge in [0.25, 0.3) is 0 Å². The molecule has 88 valence electrons. The van der Waals surface area contributed by atoms with Gasteiger partial charge >= 0.3 is 0 Å². The molecule has 0 aliphatic carbocycles. The van der Waals surface area contributed by atoms with E-state index in [2.05, 4.69) is 15.1 Å². The highest BCUT2D eigenvalue weighted by molar-refractivity contribution is 5.99. The number of hydrogen-bond acceptors (Lipinski definition) is 6. The molecule has 0 aliphatic heterocycles. The minimum Gasteiger partial charge on any atom is -0.409 e. The summed E-state index contributed by atoms with van der Waals surface area (Å²) >= 11 is 0. The third-order valence-corrected chi connectivity index (χ3v) is 1.93. The van der Waals surface area contributed by atoms with Crippen molar-refractivity contribution < 1.29 is 10.3 Å². The van der Waals surface area contributed by atoms with Crippen LogP contribution in [0.1, 0.15) is 12.6 Å². The second kappa shape index (κ2) is 5.26. The standard InChI is InChI=1S/C9H15N5O2/c1-6(15)5-14(2)9-7(8(10)13-16)11-3-4-12-9/h3-4,6,15-16H,5H2,1-2H3,(H2,10,13). The molecule has 7 heteroatoms. The summed E-state index contributed by atoms with van der Waals surface area (Å²) in [6.45, 7) is 2.04. The van der Waals surface area contributed by atoms with Crippen LogP contribution in [0.4, 0.5) is 5.82 Å². The van der Waals surface area contributed by atoms with Crippen LogP contribution in [0.15, 0.2) is 17.5 Å². The van der Waals surface area contributed by atoms with Crippen molar-refractivity contribution in [3.05, 3.63) is 18.1 Å². The molecule has 0 saturated carbocycles. The predicted molar refractivity (Wildman–Crippen MR) is 59.5 cm³/mol. The maximum absolute atomic E-state index is 9.27. The molecule has 0 bridgehead atoms. The largest absolute Gasteiger partial charge is 0.409 e. The van der Waals surface area contributed by atoms with E-state index in [1.165, 1.54) is 12.4 Å². The van der Waals surface area contributed by atoms with Gasteiger partial charge in [-0.05, 0) is 6.92 Å². The van der Waals surface area contributed by atoms with E-state index in [9.17, 15) is 5.11 Å². The molecular formula is C9H15N5O2. The number of rotatable bonds is 4. The highest BCUT2D eigenvalue weighted by Crippen LogP contribution is 2.12. The topological polar surface area (TPSA) is 108 Å². The highest BCUT2D eigenvalue weighted by atomic mass is 16.4. The summed E-state index contributed by atoms with van der Waals surface area (Å²) in [6.07, 6.45) is 2.45. The number of oxime groups is 1. The normalized spacial score (nSPS) is 13.6. The van der Waals surface area contributed by atoms with Crippen LogP contribution >= 0.6 is 0 Å². The Morgan fingerprint density at radius 3 is 2.75 bits per heavy atom. The summed E-state index contributed by atoms with van der Waals surface area (Å²) in [5.41, 5.74) is 5.76. The van der Waals surface area contributed by atoms with Crippen LogP contribution < -0.4 is 10.6 Å². The van der Waals surface area contributed by atoms with E-state index in [1.807, 2.05) is 0 Å². The van der Waals surface area contributed by atoms with Crippen molar-refractivity contribution in [3.8, 4) is 0 Å². The van der Waals surface area contributed by atoms with E-state index >= 15 is 0 Å². The van der Waals surface area contributed by atoms with Crippen LogP contribution in [0.3, 0.4) is 0 Å². The molecule has 0 amide bonds. The Balaban J connectivity index is 3.03. The smallest absolute Gasteiger partial charge is 0.192 e. The average Bonchev–Trinajstić information content (AvgIpc) is 2.27. The molecule has 0 spiro atoms. The molecule has 1 unspecified atom stereocenters. The number of nitrogens with zero attached hydrogens (tertiary/aromatic N) is 4. The van der Waals surface area contributed by atoms with E-state index in [0.29, 0.717) is 12.4 Å². The van der Waals surface area contributed by atoms with Crippen LogP contribution in [0, 0.1) is 0 Å². The lowest BCUT2D eigenvalue weighted by Gasteiger charge is -2.21. The summed E-state index contributed by atoms with van der Waals surface area (Å²) in [7, 11) is 1.74. The van der Waals surface area contributed by atoms with Gasteiger partial charge in [0.2, 0.25) is 0 Å². The zero-order valence-corrected chi connectivity index (χ0v) is 9.20. The molecule has 0 aromatic carbocycles. The van der Waals surface area contributed by atoms with Gasteiger partial charge in [0.1, 0.15) is 0 Å². The molecule has 0 fully saturated rings. The molecule has 0 saturated heterocycles. The van der Waals surface area contributed by atoms with Gasteiger partial charge in [-0.1, -0.05) is 5.16 Å². The lowest BCUT2D eigenvalue weighted by Crippen LogP contribution is -2.30. The summed E-state index contributed by atoms with van der Waals surface area (Å²) in [6, 6.07) is 0. The molecule has 1 aromatic heterocycles. The molecule has 1 rings (SSSR count). The Morgan fingerprint density at radius 2 is 2.19 bits per heavy atom. The first kappa shape index (κ1) is 12.2. The van der Waals surface area contributed by atoms with Crippen LogP contribution in [0.5, 0.6) is 0 Å². The van der Waals surface area contributed by atoms with Crippen molar-refractivity contribution in [2.24, 2.45) is 10.9 Å². The zero-order valence-electron chi connectivity index (χ0n) is 9.20. The zero-order chi connectivity index (χ0) is 12.1. The number of aromatic nitrogens is 2. The van der Waals surface area contributed by atoms with Crippen molar-refractivity contribution >= 4 is 11.7 Å². The molecule has 1 aromatic rings. The minimum atomic E-state index is -0.507. The lowest BCUT2D eigenvalue weighted by atomic mass is 10.3. The third kappa shape index (κ3) is 2.80. The molecule has 1 atom stereocenters. The van der Waals surface area contributed by atoms with E-state index in [4.69, 9.17) is 10.9 Å². The molecule has 1 heterocycles. The number of aliphatic hydroxyl groups excluding tert-OH is 1. The Kier molecular flexibility index (Phi) is 4.01. The molecule has 0 aliphatic rings. The van der Waals surface area contributed by atoms with Crippen LogP contribution in [0.2, 0.25) is 0 Å². The Bertz CT molecular complexity index is 380. The van der Waals surface area contributed by atoms with Crippen molar-refractivity contribution in [1.29, 1.82) is 0 Å². The maximum atomic E-state index is 9.27. The van der Waals surface area contributed by atoms with Gasteiger partial charge in [-0.25, -0.2) is 9.97 Å². The van der Waals surface area contributed by atoms with E-state index < -0.39 is 6.10 Å². The van der Waals surface area contributed by atoms with Gasteiger partial charge in [-0.3, -0.25) is 0 Å². The van der Waals surface area contributed by atoms with E-state index in [0.717, 1.165) is 0 Å². The lowest BCUT2D eigenvalue weighted by molar-refractivity contribution is 0.201. The number of anilines is 1. The van der Waals surface area contributed by atoms with E-state index in [-0.39, 0.29) is 11.5 Å². The first-order valence-electron chi connectivity index (χ1n) is 4.74. The van der Waals surface area contributed by atoms with Gasteiger partial charge in [0, 0.05) is 26.0 Å². The van der Waals surface area contributed by atoms with Gasteiger partial charge in [-0.2, -0.15) is 0 Å². The monoisotopic (exact) mass is 225 g/mol. The van der Waals surface area contributed by atoms with Crippen LogP contribution in [0.25, 0.3) is 0 Å². The fourth-order valence-corrected chi connectivity index (χ4v) is 1.32. The molecular weight excluding hydrogens is 210 g/mol. The number of hydrogen-bond donors (Lipinski definition) is 3. The summed E-state index contributed by atoms with van der Waals surface area (Å²) in [4.78, 5) is 9.74. The molecule has 16 heavy (non-hydrogen) atoms. The number of likely N-dealkylation sites (N-methyl/N-ethyl adjacent to an activating group) is 1. The second-order valence-electron chi connectivity index (χ2n) is 3.44. The van der Waals surface area contributed by atoms with Crippen molar-refractivity contribution in [3.63, 3.8) is 0 Å². The van der Waals surface area contributed by atoms with Crippen LogP contribution in [-0.4, -0.2) is 45.8 Å². The highest BCUT2D eigenvalue weighted by Gasteiger charge is 2.14. The molecule has 7 nitrogen and oxygen atoms in total. The predicted octanol–water partition coefficient (Wildman–Crippen LogP) is -0.612. The number of nitrogens with two attached hydrogens (primary N) is 1.